The van der Waals surface area contributed by atoms with Crippen LogP contribution >= 0.6 is 11.3 Å². The molecule has 220 valence electrons. The number of carbonyl (C=O) groups is 1. The van der Waals surface area contributed by atoms with E-state index in [2.05, 4.69) is 22.9 Å². The third kappa shape index (κ3) is 6.29. The van der Waals surface area contributed by atoms with Gasteiger partial charge in [-0.25, -0.2) is 36.8 Å². The van der Waals surface area contributed by atoms with E-state index in [-0.39, 0.29) is 17.7 Å². The monoisotopic (exact) mass is 620 g/mol. The molecular weight excluding hydrogens is 594 g/mol. The van der Waals surface area contributed by atoms with Gasteiger partial charge in [0.25, 0.3) is 0 Å². The van der Waals surface area contributed by atoms with Gasteiger partial charge >= 0.3 is 5.97 Å². The average Bonchev–Trinajstić information content (AvgIpc) is 3.30. The number of aromatic nitrogens is 3. The Morgan fingerprint density at radius 3 is 2.60 bits per heavy atom. The Kier molecular flexibility index (Phi) is 7.72. The summed E-state index contributed by atoms with van der Waals surface area (Å²) in [5.74, 6) is 3.80. The summed E-state index contributed by atoms with van der Waals surface area (Å²) in [4.78, 5) is 15.3. The van der Waals surface area contributed by atoms with Gasteiger partial charge < -0.3 is 5.11 Å². The van der Waals surface area contributed by atoms with Gasteiger partial charge in [0.05, 0.1) is 17.0 Å². The predicted octanol–water partition coefficient (Wildman–Crippen LogP) is 5.62. The van der Waals surface area contributed by atoms with E-state index in [1.807, 2.05) is 0 Å². The van der Waals surface area contributed by atoms with Crippen LogP contribution in [0.25, 0.3) is 16.4 Å². The van der Waals surface area contributed by atoms with E-state index in [1.54, 1.807) is 16.8 Å². The summed E-state index contributed by atoms with van der Waals surface area (Å²) in [5.41, 5.74) is 4.10. The molecule has 0 saturated heterocycles. The number of rotatable bonds is 8. The molecule has 0 bridgehead atoms. The number of sulfonamides is 1. The van der Waals surface area contributed by atoms with Gasteiger partial charge in [-0.3, -0.25) is 0 Å². The number of allylic oxidation sites excluding steroid dienone is 2. The van der Waals surface area contributed by atoms with E-state index >= 15 is 0 Å². The third-order valence-corrected chi connectivity index (χ3v) is 9.24. The maximum absolute atomic E-state index is 14.9. The van der Waals surface area contributed by atoms with Crippen molar-refractivity contribution in [1.29, 1.82) is 0 Å². The van der Waals surface area contributed by atoms with Crippen LogP contribution in [0.3, 0.4) is 0 Å². The lowest BCUT2D eigenvalue weighted by Crippen LogP contribution is -2.14. The molecule has 2 aromatic heterocycles. The van der Waals surface area contributed by atoms with Crippen molar-refractivity contribution in [3.05, 3.63) is 93.1 Å². The number of benzene rings is 2. The van der Waals surface area contributed by atoms with Crippen molar-refractivity contribution in [3.63, 3.8) is 0 Å². The van der Waals surface area contributed by atoms with Crippen molar-refractivity contribution in [2.24, 2.45) is 11.1 Å². The molecule has 0 radical (unpaired) electrons. The van der Waals surface area contributed by atoms with Gasteiger partial charge in [0.15, 0.2) is 5.69 Å². The Hall–Kier alpha value is -4.18. The number of halogens is 2. The van der Waals surface area contributed by atoms with Crippen molar-refractivity contribution in [2.75, 3.05) is 0 Å². The molecule has 0 aliphatic heterocycles. The average molecular weight is 621 g/mol. The molecule has 4 aromatic rings. The topological polar surface area (TPSA) is 128 Å². The van der Waals surface area contributed by atoms with Crippen LogP contribution in [0.15, 0.2) is 58.3 Å². The molecule has 0 unspecified atom stereocenters. The first-order valence-electron chi connectivity index (χ1n) is 13.7. The van der Waals surface area contributed by atoms with Gasteiger partial charge in [0.2, 0.25) is 15.2 Å². The second kappa shape index (κ2) is 11.5. The maximum atomic E-state index is 14.9. The Balaban J connectivity index is 1.51. The zero-order valence-electron chi connectivity index (χ0n) is 22.8. The Bertz CT molecular complexity index is 1960. The minimum atomic E-state index is -4.25. The molecule has 2 aromatic carbocycles. The highest BCUT2D eigenvalue weighted by atomic mass is 32.2. The van der Waals surface area contributed by atoms with E-state index in [1.165, 1.54) is 17.5 Å². The van der Waals surface area contributed by atoms with Gasteiger partial charge in [0.1, 0.15) is 16.5 Å². The normalized spacial score (nSPS) is 14.8. The highest BCUT2D eigenvalue weighted by molar-refractivity contribution is 7.89. The molecule has 0 spiro atoms. The third-order valence-electron chi connectivity index (χ3n) is 7.48. The first-order valence-corrected chi connectivity index (χ1v) is 16.1. The summed E-state index contributed by atoms with van der Waals surface area (Å²) in [6, 6.07) is 8.32. The van der Waals surface area contributed by atoms with Crippen molar-refractivity contribution in [2.45, 2.75) is 49.8 Å². The molecule has 2 aliphatic carbocycles. The fraction of sp³-hybridized carbons (Fsp3) is 0.258. The van der Waals surface area contributed by atoms with Gasteiger partial charge in [-0.05, 0) is 85.9 Å². The lowest BCUT2D eigenvalue weighted by Gasteiger charge is -2.10. The van der Waals surface area contributed by atoms with Crippen LogP contribution in [0.5, 0.6) is 0 Å². The van der Waals surface area contributed by atoms with E-state index in [9.17, 15) is 27.1 Å². The maximum Gasteiger partial charge on any atom is 0.355 e. The van der Waals surface area contributed by atoms with Crippen LogP contribution in [0.2, 0.25) is 0 Å². The standard InChI is InChI=1S/C31H26F2N4O4S2/c32-24-11-10-22(16-21(24)9-7-18-3-1-2-4-18)29-23(13-20-8-12-28(25(33)14-20)43(34,40)41)27(15-19-5-6-19)37(36-29)31-35-26(17-42-31)30(38)39/h3,8,10-12,14,16-17,19H,1-2,4-6,13,15H2,(H,38,39)(H2,34,40,41). The number of aromatic carboxylic acids is 1. The summed E-state index contributed by atoms with van der Waals surface area (Å²) in [7, 11) is -4.25. The number of primary sulfonamides is 1. The molecule has 1 fully saturated rings. The molecule has 0 atom stereocenters. The number of hydrogen-bond donors (Lipinski definition) is 2. The molecule has 12 heteroatoms. The largest absolute Gasteiger partial charge is 0.476 e. The number of hydrogen-bond acceptors (Lipinski definition) is 6. The highest BCUT2D eigenvalue weighted by Gasteiger charge is 2.30. The van der Waals surface area contributed by atoms with E-state index in [4.69, 9.17) is 10.2 Å². The SMILES string of the molecule is NS(=O)(=O)c1ccc(Cc2c(-c3ccc(F)c(C#CC4=CCCC4)c3)nn(-c3nc(C(=O)O)cs3)c2CC2CC2)cc1F. The fourth-order valence-corrected chi connectivity index (χ4v) is 6.48. The first-order chi connectivity index (χ1) is 20.6. The summed E-state index contributed by atoms with van der Waals surface area (Å²) in [5, 5.41) is 21.3. The minimum absolute atomic E-state index is 0.114. The molecule has 6 rings (SSSR count). The number of thiazole rings is 1. The molecule has 0 amide bonds. The zero-order chi connectivity index (χ0) is 30.3. The van der Waals surface area contributed by atoms with Crippen molar-refractivity contribution in [1.82, 2.24) is 14.8 Å². The van der Waals surface area contributed by atoms with Crippen LogP contribution in [0.1, 0.15) is 65.0 Å². The second-order valence-electron chi connectivity index (χ2n) is 10.7. The summed E-state index contributed by atoms with van der Waals surface area (Å²) in [6.45, 7) is 0. The van der Waals surface area contributed by atoms with Crippen LogP contribution in [0.4, 0.5) is 8.78 Å². The molecule has 8 nitrogen and oxygen atoms in total. The number of nitrogens with two attached hydrogens (primary N) is 1. The Morgan fingerprint density at radius 2 is 1.95 bits per heavy atom. The van der Waals surface area contributed by atoms with Gasteiger partial charge in [-0.15, -0.1) is 11.3 Å². The lowest BCUT2D eigenvalue weighted by molar-refractivity contribution is 0.0691. The summed E-state index contributed by atoms with van der Waals surface area (Å²) in [6.07, 6.45) is 7.71. The van der Waals surface area contributed by atoms with E-state index in [0.29, 0.717) is 39.9 Å². The Morgan fingerprint density at radius 1 is 1.14 bits per heavy atom. The van der Waals surface area contributed by atoms with Crippen LogP contribution in [-0.4, -0.2) is 34.3 Å². The highest BCUT2D eigenvalue weighted by Crippen LogP contribution is 2.38. The van der Waals surface area contributed by atoms with Crippen molar-refractivity contribution >= 4 is 27.3 Å². The van der Waals surface area contributed by atoms with Crippen LogP contribution in [0, 0.1) is 29.4 Å². The molecule has 43 heavy (non-hydrogen) atoms. The van der Waals surface area contributed by atoms with E-state index < -0.39 is 32.5 Å². The smallest absolute Gasteiger partial charge is 0.355 e. The Labute approximate surface area is 250 Å². The van der Waals surface area contributed by atoms with Gasteiger partial charge in [-0.1, -0.05) is 24.0 Å². The van der Waals surface area contributed by atoms with Crippen LogP contribution < -0.4 is 5.14 Å². The van der Waals surface area contributed by atoms with Gasteiger partial charge in [-0.2, -0.15) is 5.10 Å². The molecule has 2 aliphatic rings. The summed E-state index contributed by atoms with van der Waals surface area (Å²) < 4.78 is 54.9. The quantitative estimate of drug-likeness (QED) is 0.246. The van der Waals surface area contributed by atoms with E-state index in [0.717, 1.165) is 66.8 Å². The predicted molar refractivity (Wildman–Crippen MR) is 157 cm³/mol. The first kappa shape index (κ1) is 28.9. The molecule has 3 N–H and O–H groups in total. The molecule has 1 saturated carbocycles. The number of carboxylic acids is 1. The van der Waals surface area contributed by atoms with Gasteiger partial charge in [0, 0.05) is 22.9 Å². The lowest BCUT2D eigenvalue weighted by atomic mass is 9.96. The molecular formula is C31H26F2N4O4S2. The minimum Gasteiger partial charge on any atom is -0.476 e. The zero-order valence-corrected chi connectivity index (χ0v) is 24.4. The second-order valence-corrected chi connectivity index (χ2v) is 13.1. The van der Waals surface area contributed by atoms with Crippen molar-refractivity contribution < 1.29 is 27.1 Å². The number of carboxylic acid groups (broad SMARTS) is 1. The molecule has 2 heterocycles. The van der Waals surface area contributed by atoms with Crippen molar-refractivity contribution in [3.8, 4) is 28.2 Å². The van der Waals surface area contributed by atoms with Crippen LogP contribution in [-0.2, 0) is 22.9 Å². The number of nitrogens with zero attached hydrogens (tertiary/aromatic N) is 3. The fourth-order valence-electron chi connectivity index (χ4n) is 5.12. The summed E-state index contributed by atoms with van der Waals surface area (Å²) >= 11 is 1.13.